The molecule has 2 N–H and O–H groups in total. The molecule has 22 heavy (non-hydrogen) atoms. The van der Waals surface area contributed by atoms with E-state index in [1.807, 2.05) is 24.3 Å². The first-order valence-corrected chi connectivity index (χ1v) is 7.86. The number of nitrogens with zero attached hydrogens (tertiary/aromatic N) is 1. The molecule has 0 unspecified atom stereocenters. The summed E-state index contributed by atoms with van der Waals surface area (Å²) in [7, 11) is 0. The summed E-state index contributed by atoms with van der Waals surface area (Å²) in [6, 6.07) is 7.65. The summed E-state index contributed by atoms with van der Waals surface area (Å²) in [5, 5.41) is 3.76. The van der Waals surface area contributed by atoms with Crippen LogP contribution in [-0.4, -0.2) is 47.3 Å². The largest absolute Gasteiger partial charge is 0.360 e. The minimum Gasteiger partial charge on any atom is -0.360 e. The molecule has 0 saturated carbocycles. The normalized spacial score (nSPS) is 27.0. The number of carbonyl (C=O) groups excluding carboxylic acids is 2. The van der Waals surface area contributed by atoms with Gasteiger partial charge in [0.15, 0.2) is 0 Å². The second kappa shape index (κ2) is 5.25. The Bertz CT molecular complexity index is 728. The number of benzene rings is 1. The van der Waals surface area contributed by atoms with Gasteiger partial charge in [0.2, 0.25) is 0 Å². The zero-order valence-corrected chi connectivity index (χ0v) is 12.3. The van der Waals surface area contributed by atoms with Gasteiger partial charge in [-0.2, -0.15) is 0 Å². The molecule has 1 atom stereocenters. The molecule has 5 rings (SSSR count). The summed E-state index contributed by atoms with van der Waals surface area (Å²) in [6.45, 7) is 3.11. The van der Waals surface area contributed by atoms with Gasteiger partial charge in [0, 0.05) is 29.7 Å². The van der Waals surface area contributed by atoms with Crippen molar-refractivity contribution >= 4 is 22.6 Å². The highest BCUT2D eigenvalue weighted by atomic mass is 16.2. The van der Waals surface area contributed by atoms with E-state index in [-0.39, 0.29) is 6.04 Å². The maximum absolute atomic E-state index is 12.5. The van der Waals surface area contributed by atoms with Gasteiger partial charge in [-0.3, -0.25) is 9.59 Å². The third-order valence-corrected chi connectivity index (χ3v) is 5.01. The molecule has 2 aromatic rings. The fraction of sp³-hybridized carbons (Fsp3) is 0.412. The van der Waals surface area contributed by atoms with Gasteiger partial charge in [-0.15, -0.1) is 0 Å². The molecule has 3 aliphatic rings. The molecular formula is C17H19N3O2. The predicted molar refractivity (Wildman–Crippen MR) is 83.7 cm³/mol. The van der Waals surface area contributed by atoms with Crippen LogP contribution in [0.2, 0.25) is 0 Å². The standard InChI is InChI=1S/C17H19N3O2/c21-16(13-9-18-14-4-2-1-3-12(13)14)17(22)19-15-10-20-7-5-11(15)6-8-20/h1-4,9,11,15,18H,5-8,10H2,(H,19,22)/t15-/m1/s1. The predicted octanol–water partition coefficient (Wildman–Crippen LogP) is 1.56. The smallest absolute Gasteiger partial charge is 0.292 e. The molecule has 0 spiro atoms. The summed E-state index contributed by atoms with van der Waals surface area (Å²) in [5.41, 5.74) is 1.33. The quantitative estimate of drug-likeness (QED) is 0.667. The zero-order valence-electron chi connectivity index (χ0n) is 12.3. The fourth-order valence-corrected chi connectivity index (χ4v) is 3.74. The number of carbonyl (C=O) groups is 2. The van der Waals surface area contributed by atoms with E-state index in [1.54, 1.807) is 6.20 Å². The number of rotatable bonds is 3. The number of amides is 1. The van der Waals surface area contributed by atoms with Crippen molar-refractivity contribution in [3.05, 3.63) is 36.0 Å². The molecule has 0 aliphatic carbocycles. The van der Waals surface area contributed by atoms with Gasteiger partial charge in [0.25, 0.3) is 11.7 Å². The van der Waals surface area contributed by atoms with Crippen LogP contribution in [0.4, 0.5) is 0 Å². The molecule has 1 aromatic heterocycles. The Kier molecular flexibility index (Phi) is 3.22. The van der Waals surface area contributed by atoms with Crippen LogP contribution in [0.15, 0.2) is 30.5 Å². The second-order valence-corrected chi connectivity index (χ2v) is 6.30. The molecular weight excluding hydrogens is 278 g/mol. The summed E-state index contributed by atoms with van der Waals surface area (Å²) < 4.78 is 0. The SMILES string of the molecule is O=C(N[C@@H]1CN2CCC1CC2)C(=O)c1c[nH]c2ccccc12. The Balaban J connectivity index is 1.52. The average Bonchev–Trinajstić information content (AvgIpc) is 2.99. The monoisotopic (exact) mass is 297 g/mol. The highest BCUT2D eigenvalue weighted by molar-refractivity contribution is 6.45. The van der Waals surface area contributed by atoms with Crippen molar-refractivity contribution < 1.29 is 9.59 Å². The maximum atomic E-state index is 12.5. The molecule has 0 radical (unpaired) electrons. The van der Waals surface area contributed by atoms with Gasteiger partial charge in [0.05, 0.1) is 5.56 Å². The van der Waals surface area contributed by atoms with Gasteiger partial charge >= 0.3 is 0 Å². The van der Waals surface area contributed by atoms with Crippen LogP contribution in [0.1, 0.15) is 23.2 Å². The van der Waals surface area contributed by atoms with E-state index in [0.717, 1.165) is 43.4 Å². The molecule has 3 fully saturated rings. The third-order valence-electron chi connectivity index (χ3n) is 5.01. The molecule has 114 valence electrons. The van der Waals surface area contributed by atoms with Gasteiger partial charge in [-0.1, -0.05) is 18.2 Å². The number of aromatic nitrogens is 1. The number of fused-ring (bicyclic) bond motifs is 4. The highest BCUT2D eigenvalue weighted by Crippen LogP contribution is 2.27. The fourth-order valence-electron chi connectivity index (χ4n) is 3.74. The number of para-hydroxylation sites is 1. The highest BCUT2D eigenvalue weighted by Gasteiger charge is 2.36. The molecule has 2 bridgehead atoms. The van der Waals surface area contributed by atoms with Crippen molar-refractivity contribution in [2.45, 2.75) is 18.9 Å². The van der Waals surface area contributed by atoms with Crippen LogP contribution in [0.3, 0.4) is 0 Å². The first-order valence-electron chi connectivity index (χ1n) is 7.86. The van der Waals surface area contributed by atoms with E-state index in [2.05, 4.69) is 15.2 Å². The lowest BCUT2D eigenvalue weighted by Gasteiger charge is -2.44. The number of hydrogen-bond acceptors (Lipinski definition) is 3. The number of nitrogens with one attached hydrogen (secondary N) is 2. The number of hydrogen-bond donors (Lipinski definition) is 2. The van der Waals surface area contributed by atoms with Crippen LogP contribution in [0, 0.1) is 5.92 Å². The Morgan fingerprint density at radius 3 is 2.68 bits per heavy atom. The molecule has 5 nitrogen and oxygen atoms in total. The van der Waals surface area contributed by atoms with Gasteiger partial charge in [0.1, 0.15) is 0 Å². The summed E-state index contributed by atoms with van der Waals surface area (Å²) in [4.78, 5) is 30.2. The van der Waals surface area contributed by atoms with Crippen molar-refractivity contribution in [2.24, 2.45) is 5.92 Å². The number of H-pyrrole nitrogens is 1. The van der Waals surface area contributed by atoms with E-state index in [4.69, 9.17) is 0 Å². The lowest BCUT2D eigenvalue weighted by molar-refractivity contribution is -0.119. The minimum absolute atomic E-state index is 0.115. The molecule has 4 heterocycles. The molecule has 3 aliphatic heterocycles. The second-order valence-electron chi connectivity index (χ2n) is 6.30. The number of aromatic amines is 1. The van der Waals surface area contributed by atoms with E-state index >= 15 is 0 Å². The van der Waals surface area contributed by atoms with Crippen molar-refractivity contribution in [1.82, 2.24) is 15.2 Å². The Morgan fingerprint density at radius 2 is 1.95 bits per heavy atom. The van der Waals surface area contributed by atoms with Crippen molar-refractivity contribution in [2.75, 3.05) is 19.6 Å². The molecule has 5 heteroatoms. The first-order chi connectivity index (χ1) is 10.7. The van der Waals surface area contributed by atoms with Crippen molar-refractivity contribution in [1.29, 1.82) is 0 Å². The Labute approximate surface area is 128 Å². The van der Waals surface area contributed by atoms with Gasteiger partial charge in [-0.25, -0.2) is 0 Å². The number of piperidine rings is 3. The van der Waals surface area contributed by atoms with Crippen LogP contribution in [0.25, 0.3) is 10.9 Å². The zero-order chi connectivity index (χ0) is 15.1. The topological polar surface area (TPSA) is 65.2 Å². The van der Waals surface area contributed by atoms with E-state index in [0.29, 0.717) is 11.5 Å². The van der Waals surface area contributed by atoms with Crippen LogP contribution >= 0.6 is 0 Å². The van der Waals surface area contributed by atoms with Crippen molar-refractivity contribution in [3.8, 4) is 0 Å². The van der Waals surface area contributed by atoms with Crippen molar-refractivity contribution in [3.63, 3.8) is 0 Å². The van der Waals surface area contributed by atoms with Gasteiger partial charge < -0.3 is 15.2 Å². The van der Waals surface area contributed by atoms with Crippen LogP contribution < -0.4 is 5.32 Å². The maximum Gasteiger partial charge on any atom is 0.292 e. The summed E-state index contributed by atoms with van der Waals surface area (Å²) in [5.74, 6) is -0.415. The van der Waals surface area contributed by atoms with Crippen LogP contribution in [0.5, 0.6) is 0 Å². The molecule has 1 aromatic carbocycles. The Hall–Kier alpha value is -2.14. The third kappa shape index (κ3) is 2.22. The molecule has 1 amide bonds. The average molecular weight is 297 g/mol. The Morgan fingerprint density at radius 1 is 1.18 bits per heavy atom. The van der Waals surface area contributed by atoms with E-state index in [1.165, 1.54) is 0 Å². The van der Waals surface area contributed by atoms with E-state index in [9.17, 15) is 9.59 Å². The minimum atomic E-state index is -0.483. The van der Waals surface area contributed by atoms with E-state index < -0.39 is 11.7 Å². The first kappa shape index (κ1) is 13.5. The summed E-state index contributed by atoms with van der Waals surface area (Å²) >= 11 is 0. The number of ketones is 1. The molecule has 3 saturated heterocycles. The van der Waals surface area contributed by atoms with Crippen LogP contribution in [-0.2, 0) is 4.79 Å². The van der Waals surface area contributed by atoms with Gasteiger partial charge in [-0.05, 0) is 37.9 Å². The lowest BCUT2D eigenvalue weighted by atomic mass is 9.84. The summed E-state index contributed by atoms with van der Waals surface area (Å²) in [6.07, 6.45) is 3.86. The number of Topliss-reactive ketones (excluding diaryl/α,β-unsaturated/α-hetero) is 1. The lowest BCUT2D eigenvalue weighted by Crippen LogP contribution is -2.58.